The molecule has 1 aliphatic heterocycles. The van der Waals surface area contributed by atoms with Crippen LogP contribution in [0.15, 0.2) is 36.4 Å². The van der Waals surface area contributed by atoms with Gasteiger partial charge in [-0.3, -0.25) is 0 Å². The molecule has 0 amide bonds. The Bertz CT molecular complexity index is 304. The average molecular weight is 190 g/mol. The molecule has 0 saturated carbocycles. The van der Waals surface area contributed by atoms with Gasteiger partial charge in [-0.2, -0.15) is 0 Å². The van der Waals surface area contributed by atoms with Crippen LogP contribution in [-0.4, -0.2) is 6.29 Å². The fourth-order valence-corrected chi connectivity index (χ4v) is 1.50. The molecule has 0 saturated heterocycles. The van der Waals surface area contributed by atoms with Gasteiger partial charge in [0.05, 0.1) is 13.2 Å². The van der Waals surface area contributed by atoms with E-state index >= 15 is 0 Å². The molecule has 2 nitrogen and oxygen atoms in total. The van der Waals surface area contributed by atoms with Crippen molar-refractivity contribution in [2.75, 3.05) is 0 Å². The smallest absolute Gasteiger partial charge is 0.177 e. The molecule has 74 valence electrons. The minimum Gasteiger partial charge on any atom is -0.344 e. The minimum atomic E-state index is -0.201. The largest absolute Gasteiger partial charge is 0.344 e. The van der Waals surface area contributed by atoms with Crippen LogP contribution in [0.5, 0.6) is 0 Å². The third-order valence-corrected chi connectivity index (χ3v) is 2.27. The molecular formula is C12H14O2. The Morgan fingerprint density at radius 1 is 1.14 bits per heavy atom. The van der Waals surface area contributed by atoms with E-state index < -0.39 is 0 Å². The van der Waals surface area contributed by atoms with E-state index in [9.17, 15) is 0 Å². The Morgan fingerprint density at radius 2 is 1.71 bits per heavy atom. The molecule has 1 aromatic rings. The summed E-state index contributed by atoms with van der Waals surface area (Å²) in [4.78, 5) is 0. The predicted octanol–water partition coefficient (Wildman–Crippen LogP) is 2.64. The molecule has 2 rings (SSSR count). The van der Waals surface area contributed by atoms with Crippen molar-refractivity contribution in [3.05, 3.63) is 47.5 Å². The lowest BCUT2D eigenvalue weighted by Gasteiger charge is -2.09. The molecule has 0 bridgehead atoms. The summed E-state index contributed by atoms with van der Waals surface area (Å²) in [6, 6.07) is 8.21. The number of hydrogen-bond acceptors (Lipinski definition) is 2. The van der Waals surface area contributed by atoms with Gasteiger partial charge in [0.2, 0.25) is 0 Å². The lowest BCUT2D eigenvalue weighted by Crippen LogP contribution is -2.10. The van der Waals surface area contributed by atoms with Gasteiger partial charge in [0, 0.05) is 0 Å². The van der Waals surface area contributed by atoms with Crippen LogP contribution in [0.2, 0.25) is 0 Å². The van der Waals surface area contributed by atoms with Crippen LogP contribution in [0, 0.1) is 0 Å². The number of allylic oxidation sites excluding steroid dienone is 1. The van der Waals surface area contributed by atoms with Crippen LogP contribution >= 0.6 is 0 Å². The van der Waals surface area contributed by atoms with E-state index in [2.05, 4.69) is 12.1 Å². The van der Waals surface area contributed by atoms with E-state index in [0.717, 1.165) is 0 Å². The SMILES string of the molecule is C/C=C/C1OCc2ccccc2CO1. The second-order valence-corrected chi connectivity index (χ2v) is 3.28. The topological polar surface area (TPSA) is 18.5 Å². The maximum absolute atomic E-state index is 5.56. The van der Waals surface area contributed by atoms with Gasteiger partial charge in [0.25, 0.3) is 0 Å². The number of rotatable bonds is 1. The molecule has 1 heterocycles. The highest BCUT2D eigenvalue weighted by atomic mass is 16.7. The van der Waals surface area contributed by atoms with E-state index in [0.29, 0.717) is 13.2 Å². The first-order valence-electron chi connectivity index (χ1n) is 4.83. The standard InChI is InChI=1S/C12H14O2/c1-2-5-12-13-8-10-6-3-4-7-11(10)9-14-12/h2-7,12H,8-9H2,1H3/b5-2+. The van der Waals surface area contributed by atoms with Crippen molar-refractivity contribution >= 4 is 0 Å². The molecule has 0 spiro atoms. The van der Waals surface area contributed by atoms with E-state index in [1.165, 1.54) is 11.1 Å². The van der Waals surface area contributed by atoms with Gasteiger partial charge in [-0.25, -0.2) is 0 Å². The first-order valence-corrected chi connectivity index (χ1v) is 4.83. The Labute approximate surface area is 84.2 Å². The van der Waals surface area contributed by atoms with Crippen LogP contribution in [-0.2, 0) is 22.7 Å². The van der Waals surface area contributed by atoms with Crippen LogP contribution in [0.1, 0.15) is 18.1 Å². The number of hydrogen-bond donors (Lipinski definition) is 0. The van der Waals surface area contributed by atoms with Gasteiger partial charge >= 0.3 is 0 Å². The number of ether oxygens (including phenoxy) is 2. The Morgan fingerprint density at radius 3 is 2.21 bits per heavy atom. The summed E-state index contributed by atoms with van der Waals surface area (Å²) >= 11 is 0. The summed E-state index contributed by atoms with van der Waals surface area (Å²) in [5.74, 6) is 0. The lowest BCUT2D eigenvalue weighted by molar-refractivity contribution is -0.117. The molecule has 1 aromatic carbocycles. The summed E-state index contributed by atoms with van der Waals surface area (Å²) in [5.41, 5.74) is 2.44. The lowest BCUT2D eigenvalue weighted by atomic mass is 10.1. The Kier molecular flexibility index (Phi) is 2.96. The number of fused-ring (bicyclic) bond motifs is 1. The fourth-order valence-electron chi connectivity index (χ4n) is 1.50. The van der Waals surface area contributed by atoms with E-state index in [1.54, 1.807) is 0 Å². The zero-order chi connectivity index (χ0) is 9.80. The summed E-state index contributed by atoms with van der Waals surface area (Å²) in [6.07, 6.45) is 3.67. The Balaban J connectivity index is 2.14. The Hall–Kier alpha value is -1.12. The molecule has 14 heavy (non-hydrogen) atoms. The third-order valence-electron chi connectivity index (χ3n) is 2.27. The van der Waals surface area contributed by atoms with Gasteiger partial charge in [0.15, 0.2) is 6.29 Å². The van der Waals surface area contributed by atoms with E-state index in [4.69, 9.17) is 9.47 Å². The van der Waals surface area contributed by atoms with E-state index in [1.807, 2.05) is 31.2 Å². The molecule has 0 fully saturated rings. The maximum atomic E-state index is 5.56. The highest BCUT2D eigenvalue weighted by Gasteiger charge is 2.13. The molecule has 0 N–H and O–H groups in total. The summed E-state index contributed by atoms with van der Waals surface area (Å²) < 4.78 is 11.1. The molecule has 0 unspecified atom stereocenters. The van der Waals surface area contributed by atoms with Crippen LogP contribution in [0.3, 0.4) is 0 Å². The predicted molar refractivity (Wildman–Crippen MR) is 54.6 cm³/mol. The van der Waals surface area contributed by atoms with Crippen molar-refractivity contribution in [2.24, 2.45) is 0 Å². The van der Waals surface area contributed by atoms with Crippen molar-refractivity contribution in [2.45, 2.75) is 26.4 Å². The maximum Gasteiger partial charge on any atom is 0.177 e. The van der Waals surface area contributed by atoms with Crippen LogP contribution in [0.25, 0.3) is 0 Å². The molecule has 0 aromatic heterocycles. The highest BCUT2D eigenvalue weighted by Crippen LogP contribution is 2.18. The first-order chi connectivity index (χ1) is 6.90. The normalized spacial score (nSPS) is 18.1. The van der Waals surface area contributed by atoms with Gasteiger partial charge in [0.1, 0.15) is 0 Å². The van der Waals surface area contributed by atoms with Crippen molar-refractivity contribution in [1.29, 1.82) is 0 Å². The van der Waals surface area contributed by atoms with Gasteiger partial charge in [-0.05, 0) is 24.1 Å². The molecule has 0 radical (unpaired) electrons. The van der Waals surface area contributed by atoms with Crippen molar-refractivity contribution in [1.82, 2.24) is 0 Å². The zero-order valence-corrected chi connectivity index (χ0v) is 8.27. The van der Waals surface area contributed by atoms with Gasteiger partial charge < -0.3 is 9.47 Å². The monoisotopic (exact) mass is 190 g/mol. The summed E-state index contributed by atoms with van der Waals surface area (Å²) in [6.45, 7) is 3.22. The van der Waals surface area contributed by atoms with Crippen LogP contribution < -0.4 is 0 Å². The van der Waals surface area contributed by atoms with Crippen molar-refractivity contribution in [3.63, 3.8) is 0 Å². The average Bonchev–Trinajstić information content (AvgIpc) is 2.42. The van der Waals surface area contributed by atoms with Gasteiger partial charge in [-0.15, -0.1) is 0 Å². The second-order valence-electron chi connectivity index (χ2n) is 3.28. The number of benzene rings is 1. The molecule has 1 aliphatic rings. The first kappa shape index (κ1) is 9.44. The van der Waals surface area contributed by atoms with Crippen molar-refractivity contribution in [3.8, 4) is 0 Å². The molecule has 2 heteroatoms. The molecule has 0 aliphatic carbocycles. The highest BCUT2D eigenvalue weighted by molar-refractivity contribution is 5.26. The second kappa shape index (κ2) is 4.40. The summed E-state index contributed by atoms with van der Waals surface area (Å²) in [5, 5.41) is 0. The zero-order valence-electron chi connectivity index (χ0n) is 8.27. The van der Waals surface area contributed by atoms with Crippen molar-refractivity contribution < 1.29 is 9.47 Å². The fraction of sp³-hybridized carbons (Fsp3) is 0.333. The van der Waals surface area contributed by atoms with Gasteiger partial charge in [-0.1, -0.05) is 30.3 Å². The molecular weight excluding hydrogens is 176 g/mol. The van der Waals surface area contributed by atoms with Crippen LogP contribution in [0.4, 0.5) is 0 Å². The quantitative estimate of drug-likeness (QED) is 0.634. The minimum absolute atomic E-state index is 0.201. The third kappa shape index (κ3) is 2.03. The summed E-state index contributed by atoms with van der Waals surface area (Å²) in [7, 11) is 0. The van der Waals surface area contributed by atoms with E-state index in [-0.39, 0.29) is 6.29 Å². The molecule has 0 atom stereocenters.